The third-order valence-corrected chi connectivity index (χ3v) is 13.0. The fourth-order valence-electron chi connectivity index (χ4n) is 10.1. The number of para-hydroxylation sites is 3. The highest BCUT2D eigenvalue weighted by Crippen LogP contribution is 2.62. The van der Waals surface area contributed by atoms with E-state index in [9.17, 15) is 0 Å². The summed E-state index contributed by atoms with van der Waals surface area (Å²) >= 11 is 0. The molecule has 0 saturated carbocycles. The summed E-state index contributed by atoms with van der Waals surface area (Å²) in [7, 11) is 0. The summed E-state index contributed by atoms with van der Waals surface area (Å²) in [4.78, 5) is 20.4. The molecule has 1 aliphatic carbocycles. The molecular formula is C59H36N4O. The molecule has 0 unspecified atom stereocenters. The van der Waals surface area contributed by atoms with Gasteiger partial charge in [-0.05, 0) is 81.2 Å². The van der Waals surface area contributed by atoms with E-state index in [1.807, 2.05) is 60.7 Å². The van der Waals surface area contributed by atoms with Crippen LogP contribution in [0, 0.1) is 0 Å². The third-order valence-electron chi connectivity index (χ3n) is 13.0. The first-order valence-corrected chi connectivity index (χ1v) is 21.6. The molecule has 64 heavy (non-hydrogen) atoms. The van der Waals surface area contributed by atoms with Gasteiger partial charge in [-0.15, -0.1) is 0 Å². The van der Waals surface area contributed by atoms with Crippen molar-refractivity contribution >= 4 is 21.7 Å². The Kier molecular flexibility index (Phi) is 8.06. The van der Waals surface area contributed by atoms with Crippen LogP contribution >= 0.6 is 0 Å². The van der Waals surface area contributed by atoms with E-state index in [0.29, 0.717) is 17.5 Å². The molecule has 3 heterocycles. The van der Waals surface area contributed by atoms with Gasteiger partial charge in [0.25, 0.3) is 0 Å². The molecule has 0 saturated heterocycles. The van der Waals surface area contributed by atoms with Crippen LogP contribution in [0.1, 0.15) is 22.3 Å². The van der Waals surface area contributed by atoms with Gasteiger partial charge in [0, 0.05) is 44.2 Å². The molecule has 0 amide bonds. The van der Waals surface area contributed by atoms with Crippen molar-refractivity contribution < 1.29 is 4.74 Å². The Balaban J connectivity index is 0.990. The smallest absolute Gasteiger partial charge is 0.164 e. The van der Waals surface area contributed by atoms with Crippen molar-refractivity contribution in [1.29, 1.82) is 0 Å². The maximum absolute atomic E-state index is 6.64. The molecule has 9 aromatic carbocycles. The van der Waals surface area contributed by atoms with Crippen molar-refractivity contribution in [1.82, 2.24) is 19.9 Å². The highest BCUT2D eigenvalue weighted by molar-refractivity contribution is 6.13. The van der Waals surface area contributed by atoms with Crippen LogP contribution in [0.15, 0.2) is 218 Å². The predicted molar refractivity (Wildman–Crippen MR) is 257 cm³/mol. The lowest BCUT2D eigenvalue weighted by Crippen LogP contribution is -2.32. The molecule has 298 valence electrons. The van der Waals surface area contributed by atoms with E-state index in [4.69, 9.17) is 24.7 Å². The zero-order chi connectivity index (χ0) is 42.2. The minimum Gasteiger partial charge on any atom is -0.457 e. The van der Waals surface area contributed by atoms with Crippen LogP contribution in [-0.4, -0.2) is 19.9 Å². The molecular weight excluding hydrogens is 781 g/mol. The van der Waals surface area contributed by atoms with E-state index >= 15 is 0 Å². The Hall–Kier alpha value is -8.54. The number of benzene rings is 9. The highest BCUT2D eigenvalue weighted by atomic mass is 16.5. The Bertz CT molecular complexity index is 3560. The van der Waals surface area contributed by atoms with Crippen molar-refractivity contribution in [2.24, 2.45) is 0 Å². The van der Waals surface area contributed by atoms with Crippen LogP contribution in [0.5, 0.6) is 11.5 Å². The minimum absolute atomic E-state index is 0.566. The summed E-state index contributed by atoms with van der Waals surface area (Å²) in [6.07, 6.45) is 0. The number of fused-ring (bicyclic) bond motifs is 12. The van der Waals surface area contributed by atoms with Gasteiger partial charge in [0.15, 0.2) is 17.5 Å². The molecule has 5 heteroatoms. The van der Waals surface area contributed by atoms with E-state index < -0.39 is 5.41 Å². The first-order valence-electron chi connectivity index (χ1n) is 21.6. The number of pyridine rings is 1. The fraction of sp³-hybridized carbons (Fsp3) is 0.0169. The lowest BCUT2D eigenvalue weighted by atomic mass is 9.66. The Morgan fingerprint density at radius 1 is 0.297 bits per heavy atom. The third kappa shape index (κ3) is 5.51. The van der Waals surface area contributed by atoms with Gasteiger partial charge in [-0.25, -0.2) is 19.9 Å². The second-order valence-corrected chi connectivity index (χ2v) is 16.5. The zero-order valence-corrected chi connectivity index (χ0v) is 34.5. The van der Waals surface area contributed by atoms with E-state index in [-0.39, 0.29) is 0 Å². The standard InChI is InChI=1S/C59H36N4O/c1-3-17-37(18-4-1)56-61-57(38-19-5-2-6-20-38)63-58(62-56)42-24-16-22-40(34-42)39-21-15-23-41(33-39)55-47-35-46-43-25-7-9-27-48(43)59(51(46)36-45(47)44-26-8-12-30-52(44)60-55)49-28-10-13-31-53(49)64-54-32-14-11-29-50(54)59/h1-36H. The SMILES string of the molecule is c1ccc(-c2nc(-c3ccccc3)nc(-c3cccc(-c4cccc(-c5nc6ccccc6c6cc7c(cc56)-c5ccccc5C75c6ccccc6Oc6ccccc65)c4)c3)n2)cc1. The number of rotatable bonds is 5. The van der Waals surface area contributed by atoms with Crippen LogP contribution in [0.2, 0.25) is 0 Å². The Morgan fingerprint density at radius 3 is 1.47 bits per heavy atom. The predicted octanol–water partition coefficient (Wildman–Crippen LogP) is 14.4. The maximum Gasteiger partial charge on any atom is 0.164 e. The summed E-state index contributed by atoms with van der Waals surface area (Å²) in [5.74, 6) is 3.66. The van der Waals surface area contributed by atoms with Crippen LogP contribution in [0.4, 0.5) is 0 Å². The van der Waals surface area contributed by atoms with Gasteiger partial charge in [-0.3, -0.25) is 0 Å². The topological polar surface area (TPSA) is 60.8 Å². The van der Waals surface area contributed by atoms with Gasteiger partial charge in [-0.1, -0.05) is 176 Å². The van der Waals surface area contributed by atoms with Crippen LogP contribution in [-0.2, 0) is 5.41 Å². The number of hydrogen-bond acceptors (Lipinski definition) is 5. The molecule has 13 rings (SSSR count). The van der Waals surface area contributed by atoms with Gasteiger partial charge in [0.1, 0.15) is 11.5 Å². The minimum atomic E-state index is -0.566. The molecule has 0 fully saturated rings. The van der Waals surface area contributed by atoms with Crippen molar-refractivity contribution in [3.8, 4) is 79.2 Å². The molecule has 0 N–H and O–H groups in total. The lowest BCUT2D eigenvalue weighted by Gasteiger charge is -2.39. The van der Waals surface area contributed by atoms with E-state index in [1.54, 1.807) is 0 Å². The molecule has 11 aromatic rings. The van der Waals surface area contributed by atoms with Gasteiger partial charge in [-0.2, -0.15) is 0 Å². The normalized spacial score (nSPS) is 12.9. The van der Waals surface area contributed by atoms with Gasteiger partial charge in [0.05, 0.1) is 16.6 Å². The van der Waals surface area contributed by atoms with Crippen molar-refractivity contribution in [2.75, 3.05) is 0 Å². The number of aromatic nitrogens is 4. The highest BCUT2D eigenvalue weighted by Gasteiger charge is 2.51. The van der Waals surface area contributed by atoms with Crippen LogP contribution in [0.3, 0.4) is 0 Å². The quantitative estimate of drug-likeness (QED) is 0.162. The molecule has 0 radical (unpaired) electrons. The van der Waals surface area contributed by atoms with Gasteiger partial charge < -0.3 is 4.74 Å². The summed E-state index contributed by atoms with van der Waals surface area (Å²) in [6.45, 7) is 0. The number of hydrogen-bond donors (Lipinski definition) is 0. The monoisotopic (exact) mass is 816 g/mol. The van der Waals surface area contributed by atoms with Crippen LogP contribution < -0.4 is 4.74 Å². The van der Waals surface area contributed by atoms with Crippen molar-refractivity contribution in [3.63, 3.8) is 0 Å². The average molecular weight is 817 g/mol. The van der Waals surface area contributed by atoms with Crippen molar-refractivity contribution in [2.45, 2.75) is 5.41 Å². The van der Waals surface area contributed by atoms with E-state index in [1.165, 1.54) is 27.6 Å². The molecule has 2 aromatic heterocycles. The summed E-state index contributed by atoms with van der Waals surface area (Å²) < 4.78 is 6.64. The maximum atomic E-state index is 6.64. The zero-order valence-electron chi connectivity index (χ0n) is 34.5. The fourth-order valence-corrected chi connectivity index (χ4v) is 10.1. The lowest BCUT2D eigenvalue weighted by molar-refractivity contribution is 0.436. The Labute approximate surface area is 370 Å². The average Bonchev–Trinajstić information content (AvgIpc) is 3.65. The second-order valence-electron chi connectivity index (χ2n) is 16.5. The number of nitrogens with zero attached hydrogens (tertiary/aromatic N) is 4. The molecule has 1 spiro atoms. The molecule has 0 bridgehead atoms. The number of ether oxygens (including phenoxy) is 1. The Morgan fingerprint density at radius 2 is 0.797 bits per heavy atom. The van der Waals surface area contributed by atoms with E-state index in [0.717, 1.165) is 78.0 Å². The molecule has 0 atom stereocenters. The molecule has 1 aliphatic heterocycles. The second kappa shape index (κ2) is 14.3. The first kappa shape index (κ1) is 36.1. The summed E-state index contributed by atoms with van der Waals surface area (Å²) in [6, 6.07) is 76.8. The van der Waals surface area contributed by atoms with E-state index in [2.05, 4.69) is 158 Å². The summed E-state index contributed by atoms with van der Waals surface area (Å²) in [5, 5.41) is 3.39. The van der Waals surface area contributed by atoms with Gasteiger partial charge >= 0.3 is 0 Å². The summed E-state index contributed by atoms with van der Waals surface area (Å²) in [5.41, 5.74) is 14.5. The van der Waals surface area contributed by atoms with Crippen molar-refractivity contribution in [3.05, 3.63) is 241 Å². The van der Waals surface area contributed by atoms with Crippen LogP contribution in [0.25, 0.3) is 89.4 Å². The largest absolute Gasteiger partial charge is 0.457 e. The molecule has 2 aliphatic rings. The van der Waals surface area contributed by atoms with Gasteiger partial charge in [0.2, 0.25) is 0 Å². The first-order chi connectivity index (χ1) is 31.7. The molecule has 5 nitrogen and oxygen atoms in total.